The van der Waals surface area contributed by atoms with Crippen LogP contribution >= 0.6 is 15.9 Å². The van der Waals surface area contributed by atoms with Crippen LogP contribution in [0.25, 0.3) is 5.82 Å². The number of imidazole rings is 1. The molecule has 0 bridgehead atoms. The smallest absolute Gasteiger partial charge is 0.286 e. The SMILES string of the molecule is O=C(NNC(=O)c1cc(Br)c[nH]1)c1ccc(-n2ccnc2)nc1. The van der Waals surface area contributed by atoms with E-state index in [2.05, 4.69) is 41.7 Å². The van der Waals surface area contributed by atoms with E-state index in [9.17, 15) is 9.59 Å². The quantitative estimate of drug-likeness (QED) is 0.603. The van der Waals surface area contributed by atoms with E-state index in [4.69, 9.17) is 0 Å². The summed E-state index contributed by atoms with van der Waals surface area (Å²) in [7, 11) is 0. The van der Waals surface area contributed by atoms with Gasteiger partial charge in [-0.3, -0.25) is 25.0 Å². The van der Waals surface area contributed by atoms with Gasteiger partial charge in [0.05, 0.1) is 5.56 Å². The zero-order chi connectivity index (χ0) is 16.2. The minimum atomic E-state index is -0.464. The molecule has 0 fully saturated rings. The number of carbonyl (C=O) groups excluding carboxylic acids is 2. The van der Waals surface area contributed by atoms with Crippen LogP contribution in [0.4, 0.5) is 0 Å². The molecule has 0 atom stereocenters. The summed E-state index contributed by atoms with van der Waals surface area (Å²) < 4.78 is 2.46. The van der Waals surface area contributed by atoms with Crippen LogP contribution in [-0.2, 0) is 0 Å². The molecule has 3 aromatic heterocycles. The zero-order valence-electron chi connectivity index (χ0n) is 11.7. The Labute approximate surface area is 139 Å². The first kappa shape index (κ1) is 15.0. The lowest BCUT2D eigenvalue weighted by atomic mass is 10.2. The summed E-state index contributed by atoms with van der Waals surface area (Å²) in [4.78, 5) is 34.6. The van der Waals surface area contributed by atoms with Gasteiger partial charge >= 0.3 is 0 Å². The van der Waals surface area contributed by atoms with Crippen molar-refractivity contribution in [3.63, 3.8) is 0 Å². The van der Waals surface area contributed by atoms with Crippen molar-refractivity contribution in [3.8, 4) is 5.82 Å². The molecule has 0 aromatic carbocycles. The Hall–Kier alpha value is -2.94. The second-order valence-corrected chi connectivity index (χ2v) is 5.43. The van der Waals surface area contributed by atoms with E-state index < -0.39 is 11.8 Å². The van der Waals surface area contributed by atoms with Gasteiger partial charge in [-0.2, -0.15) is 0 Å². The molecule has 8 nitrogen and oxygen atoms in total. The molecule has 3 N–H and O–H groups in total. The van der Waals surface area contributed by atoms with Crippen LogP contribution in [0.15, 0.2) is 53.8 Å². The van der Waals surface area contributed by atoms with E-state index in [1.165, 1.54) is 6.20 Å². The Balaban J connectivity index is 1.61. The number of aromatic amines is 1. The lowest BCUT2D eigenvalue weighted by molar-refractivity contribution is 0.0844. The number of rotatable bonds is 3. The molecule has 23 heavy (non-hydrogen) atoms. The van der Waals surface area contributed by atoms with Gasteiger partial charge in [-0.25, -0.2) is 9.97 Å². The first-order chi connectivity index (χ1) is 11.1. The number of nitrogens with one attached hydrogen (secondary N) is 3. The highest BCUT2D eigenvalue weighted by Crippen LogP contribution is 2.10. The van der Waals surface area contributed by atoms with E-state index in [0.29, 0.717) is 17.1 Å². The summed E-state index contributed by atoms with van der Waals surface area (Å²) in [5.74, 6) is -0.278. The number of halogens is 1. The van der Waals surface area contributed by atoms with Crippen molar-refractivity contribution in [2.75, 3.05) is 0 Å². The highest BCUT2D eigenvalue weighted by molar-refractivity contribution is 9.10. The highest BCUT2D eigenvalue weighted by Gasteiger charge is 2.11. The molecule has 0 aliphatic heterocycles. The van der Waals surface area contributed by atoms with Gasteiger partial charge in [0.15, 0.2) is 0 Å². The average Bonchev–Trinajstić information content (AvgIpc) is 3.24. The Bertz CT molecular complexity index is 825. The Morgan fingerprint density at radius 2 is 2.04 bits per heavy atom. The number of amides is 2. The third-order valence-electron chi connectivity index (χ3n) is 2.96. The van der Waals surface area contributed by atoms with Crippen LogP contribution in [0.1, 0.15) is 20.8 Å². The van der Waals surface area contributed by atoms with Crippen molar-refractivity contribution >= 4 is 27.7 Å². The van der Waals surface area contributed by atoms with Crippen molar-refractivity contribution in [2.24, 2.45) is 0 Å². The normalized spacial score (nSPS) is 10.3. The fourth-order valence-corrected chi connectivity index (χ4v) is 2.16. The number of aromatic nitrogens is 4. The van der Waals surface area contributed by atoms with Crippen LogP contribution in [0.5, 0.6) is 0 Å². The molecule has 3 rings (SSSR count). The van der Waals surface area contributed by atoms with Gasteiger partial charge < -0.3 is 4.98 Å². The molecule has 0 aliphatic rings. The minimum Gasteiger partial charge on any atom is -0.356 e. The largest absolute Gasteiger partial charge is 0.356 e. The van der Waals surface area contributed by atoms with Gasteiger partial charge in [-0.15, -0.1) is 0 Å². The molecule has 0 unspecified atom stereocenters. The van der Waals surface area contributed by atoms with Gasteiger partial charge in [-0.1, -0.05) is 0 Å². The molecule has 3 aromatic rings. The molecule has 0 saturated carbocycles. The lowest BCUT2D eigenvalue weighted by Gasteiger charge is -2.07. The van der Waals surface area contributed by atoms with Gasteiger partial charge in [0.25, 0.3) is 11.8 Å². The Morgan fingerprint density at radius 3 is 2.65 bits per heavy atom. The fraction of sp³-hybridized carbons (Fsp3) is 0. The van der Waals surface area contributed by atoms with Gasteiger partial charge in [0.1, 0.15) is 17.8 Å². The van der Waals surface area contributed by atoms with Crippen molar-refractivity contribution < 1.29 is 9.59 Å². The Kier molecular flexibility index (Phi) is 4.20. The summed E-state index contributed by atoms with van der Waals surface area (Å²) >= 11 is 3.23. The summed E-state index contributed by atoms with van der Waals surface area (Å²) in [6.45, 7) is 0. The average molecular weight is 375 g/mol. The highest BCUT2D eigenvalue weighted by atomic mass is 79.9. The zero-order valence-corrected chi connectivity index (χ0v) is 13.2. The van der Waals surface area contributed by atoms with Crippen LogP contribution in [-0.4, -0.2) is 31.3 Å². The van der Waals surface area contributed by atoms with Crippen molar-refractivity contribution in [2.45, 2.75) is 0 Å². The number of carbonyl (C=O) groups is 2. The molecule has 9 heteroatoms. The van der Waals surface area contributed by atoms with Crippen molar-refractivity contribution in [1.82, 2.24) is 30.4 Å². The van der Waals surface area contributed by atoms with E-state index in [1.807, 2.05) is 0 Å². The van der Waals surface area contributed by atoms with Crippen molar-refractivity contribution in [1.29, 1.82) is 0 Å². The van der Waals surface area contributed by atoms with Crippen LogP contribution < -0.4 is 10.9 Å². The minimum absolute atomic E-state index is 0.321. The third kappa shape index (κ3) is 3.46. The van der Waals surface area contributed by atoms with Gasteiger partial charge in [0.2, 0.25) is 0 Å². The second kappa shape index (κ2) is 6.44. The van der Waals surface area contributed by atoms with E-state index >= 15 is 0 Å². The number of nitrogens with zero attached hydrogens (tertiary/aromatic N) is 3. The molecular formula is C14H11BrN6O2. The van der Waals surface area contributed by atoms with E-state index in [0.717, 1.165) is 4.47 Å². The third-order valence-corrected chi connectivity index (χ3v) is 3.42. The Morgan fingerprint density at radius 1 is 1.22 bits per heavy atom. The van der Waals surface area contributed by atoms with Crippen LogP contribution in [0.3, 0.4) is 0 Å². The van der Waals surface area contributed by atoms with E-state index in [-0.39, 0.29) is 0 Å². The predicted molar refractivity (Wildman–Crippen MR) is 84.8 cm³/mol. The molecule has 116 valence electrons. The van der Waals surface area contributed by atoms with Crippen molar-refractivity contribution in [3.05, 3.63) is 65.0 Å². The fourth-order valence-electron chi connectivity index (χ4n) is 1.82. The monoisotopic (exact) mass is 374 g/mol. The standard InChI is InChI=1S/C14H11BrN6O2/c15-10-5-11(17-7-10)14(23)20-19-13(22)9-1-2-12(18-6-9)21-4-3-16-8-21/h1-8,17H,(H,19,22)(H,20,23). The number of pyridine rings is 1. The molecule has 0 saturated heterocycles. The van der Waals surface area contributed by atoms with Gasteiger partial charge in [0, 0.05) is 29.3 Å². The number of H-pyrrole nitrogens is 1. The van der Waals surface area contributed by atoms with Crippen LogP contribution in [0.2, 0.25) is 0 Å². The number of hydrogen-bond donors (Lipinski definition) is 3. The molecule has 0 spiro atoms. The molecular weight excluding hydrogens is 364 g/mol. The summed E-state index contributed by atoms with van der Waals surface area (Å²) in [6.07, 6.45) is 8.03. The van der Waals surface area contributed by atoms with Crippen LogP contribution in [0, 0.1) is 0 Å². The predicted octanol–water partition coefficient (Wildman–Crippen LogP) is 1.43. The number of hydrazine groups is 1. The maximum absolute atomic E-state index is 12.0. The summed E-state index contributed by atoms with van der Waals surface area (Å²) in [5.41, 5.74) is 5.29. The second-order valence-electron chi connectivity index (χ2n) is 4.51. The maximum atomic E-state index is 12.0. The topological polar surface area (TPSA) is 105 Å². The first-order valence-corrected chi connectivity index (χ1v) is 7.32. The van der Waals surface area contributed by atoms with E-state index in [1.54, 1.807) is 47.7 Å². The molecule has 2 amide bonds. The molecule has 0 aliphatic carbocycles. The summed E-state index contributed by atoms with van der Waals surface area (Å²) in [6, 6.07) is 4.89. The lowest BCUT2D eigenvalue weighted by Crippen LogP contribution is -2.41. The molecule has 0 radical (unpaired) electrons. The molecule has 3 heterocycles. The number of hydrogen-bond acceptors (Lipinski definition) is 4. The summed E-state index contributed by atoms with van der Waals surface area (Å²) in [5, 5.41) is 0. The first-order valence-electron chi connectivity index (χ1n) is 6.52. The maximum Gasteiger partial charge on any atom is 0.286 e. The van der Waals surface area contributed by atoms with Gasteiger partial charge in [-0.05, 0) is 34.1 Å².